The van der Waals surface area contributed by atoms with Crippen molar-refractivity contribution >= 4 is 11.7 Å². The number of carbonyl (C=O) groups excluding carboxylic acids is 1. The van der Waals surface area contributed by atoms with E-state index in [2.05, 4.69) is 10.3 Å². The number of ether oxygens (including phenoxy) is 1. The third-order valence-corrected chi connectivity index (χ3v) is 4.69. The van der Waals surface area contributed by atoms with Crippen LogP contribution < -0.4 is 0 Å². The molecule has 31 heavy (non-hydrogen) atoms. The molecular weight excluding hydrogens is 390 g/mol. The van der Waals surface area contributed by atoms with Crippen LogP contribution in [0.1, 0.15) is 27.0 Å². The average Bonchev–Trinajstić information content (AvgIpc) is 3.33. The lowest BCUT2D eigenvalue weighted by atomic mass is 10.1. The molecule has 0 unspecified atom stereocenters. The standard InChI is InChI=1S/C25H21N3O3/c1-30-25(29)21-14-12-19(13-15-21)18-31-27-24(20-8-4-2-5-9-20)22-16-26-28(17-22)23-10-6-3-7-11-23/h2-17H,18H2,1H3/b27-24+. The van der Waals surface area contributed by atoms with Gasteiger partial charge in [-0.25, -0.2) is 9.48 Å². The van der Waals surface area contributed by atoms with Crippen LogP contribution in [0.5, 0.6) is 0 Å². The molecule has 0 bridgehead atoms. The second kappa shape index (κ2) is 9.54. The van der Waals surface area contributed by atoms with Crippen molar-refractivity contribution in [3.8, 4) is 5.69 Å². The van der Waals surface area contributed by atoms with Gasteiger partial charge in [-0.3, -0.25) is 0 Å². The van der Waals surface area contributed by atoms with Crippen molar-refractivity contribution in [3.63, 3.8) is 0 Å². The van der Waals surface area contributed by atoms with Gasteiger partial charge in [0.05, 0.1) is 24.6 Å². The molecule has 0 amide bonds. The maximum absolute atomic E-state index is 11.6. The molecule has 0 radical (unpaired) electrons. The molecule has 0 saturated heterocycles. The van der Waals surface area contributed by atoms with Crippen molar-refractivity contribution < 1.29 is 14.4 Å². The van der Waals surface area contributed by atoms with Gasteiger partial charge in [-0.05, 0) is 29.8 Å². The Morgan fingerprint density at radius 2 is 1.55 bits per heavy atom. The minimum absolute atomic E-state index is 0.268. The number of rotatable bonds is 7. The molecule has 4 rings (SSSR count). The number of hydrogen-bond acceptors (Lipinski definition) is 5. The van der Waals surface area contributed by atoms with Gasteiger partial charge in [0, 0.05) is 17.3 Å². The number of hydrogen-bond donors (Lipinski definition) is 0. The molecule has 0 aliphatic rings. The smallest absolute Gasteiger partial charge is 0.337 e. The molecule has 6 heteroatoms. The van der Waals surface area contributed by atoms with Gasteiger partial charge in [0.15, 0.2) is 0 Å². The third-order valence-electron chi connectivity index (χ3n) is 4.69. The van der Waals surface area contributed by atoms with E-state index in [1.54, 1.807) is 23.0 Å². The molecule has 0 fully saturated rings. The molecule has 0 aliphatic carbocycles. The number of esters is 1. The molecule has 1 aromatic heterocycles. The highest BCUT2D eigenvalue weighted by Crippen LogP contribution is 2.15. The van der Waals surface area contributed by atoms with Crippen LogP contribution in [0.15, 0.2) is 102 Å². The zero-order chi connectivity index (χ0) is 21.5. The average molecular weight is 411 g/mol. The minimum Gasteiger partial charge on any atom is -0.465 e. The van der Waals surface area contributed by atoms with Gasteiger partial charge in [0.2, 0.25) is 0 Å². The summed E-state index contributed by atoms with van der Waals surface area (Å²) >= 11 is 0. The Bertz CT molecular complexity index is 1170. The maximum atomic E-state index is 11.6. The van der Waals surface area contributed by atoms with Crippen LogP contribution in [0.25, 0.3) is 5.69 Å². The van der Waals surface area contributed by atoms with Crippen LogP contribution in [0.4, 0.5) is 0 Å². The van der Waals surface area contributed by atoms with Crippen molar-refractivity contribution in [1.82, 2.24) is 9.78 Å². The van der Waals surface area contributed by atoms with Gasteiger partial charge in [-0.2, -0.15) is 5.10 Å². The predicted molar refractivity (Wildman–Crippen MR) is 118 cm³/mol. The molecule has 3 aromatic carbocycles. The molecule has 4 aromatic rings. The summed E-state index contributed by atoms with van der Waals surface area (Å²) in [5, 5.41) is 8.88. The summed E-state index contributed by atoms with van der Waals surface area (Å²) in [5.41, 5.74) is 4.81. The van der Waals surface area contributed by atoms with E-state index in [1.807, 2.05) is 79.0 Å². The van der Waals surface area contributed by atoms with Crippen molar-refractivity contribution in [2.45, 2.75) is 6.61 Å². The van der Waals surface area contributed by atoms with E-state index in [1.165, 1.54) is 7.11 Å². The number of aromatic nitrogens is 2. The fraction of sp³-hybridized carbons (Fsp3) is 0.0800. The van der Waals surface area contributed by atoms with Crippen LogP contribution >= 0.6 is 0 Å². The molecule has 0 saturated carbocycles. The Kier molecular flexibility index (Phi) is 6.18. The zero-order valence-electron chi connectivity index (χ0n) is 17.0. The first kappa shape index (κ1) is 20.1. The van der Waals surface area contributed by atoms with Crippen molar-refractivity contribution in [2.24, 2.45) is 5.16 Å². The first-order valence-electron chi connectivity index (χ1n) is 9.77. The Labute approximate surface area is 180 Å². The van der Waals surface area contributed by atoms with Gasteiger partial charge < -0.3 is 9.57 Å². The summed E-state index contributed by atoms with van der Waals surface area (Å²) in [6.45, 7) is 0.268. The fourth-order valence-corrected chi connectivity index (χ4v) is 3.06. The predicted octanol–water partition coefficient (Wildman–Crippen LogP) is 4.63. The van der Waals surface area contributed by atoms with E-state index in [9.17, 15) is 4.79 Å². The number of carbonyl (C=O) groups is 1. The third kappa shape index (κ3) is 4.87. The molecular formula is C25H21N3O3. The molecule has 6 nitrogen and oxygen atoms in total. The van der Waals surface area contributed by atoms with Crippen molar-refractivity contribution in [2.75, 3.05) is 7.11 Å². The lowest BCUT2D eigenvalue weighted by Crippen LogP contribution is -2.04. The summed E-state index contributed by atoms with van der Waals surface area (Å²) in [7, 11) is 1.36. The lowest BCUT2D eigenvalue weighted by Gasteiger charge is -2.06. The highest BCUT2D eigenvalue weighted by atomic mass is 16.6. The van der Waals surface area contributed by atoms with Crippen molar-refractivity contribution in [3.05, 3.63) is 120 Å². The second-order valence-electron chi connectivity index (χ2n) is 6.78. The van der Waals surface area contributed by atoms with E-state index in [0.717, 1.165) is 22.4 Å². The molecule has 0 atom stereocenters. The van der Waals surface area contributed by atoms with Crippen LogP contribution in [0.2, 0.25) is 0 Å². The topological polar surface area (TPSA) is 65.7 Å². The van der Waals surface area contributed by atoms with E-state index in [4.69, 9.17) is 9.57 Å². The zero-order valence-corrected chi connectivity index (χ0v) is 17.0. The molecule has 0 aliphatic heterocycles. The number of nitrogens with zero attached hydrogens (tertiary/aromatic N) is 3. The summed E-state index contributed by atoms with van der Waals surface area (Å²) < 4.78 is 6.53. The number of benzene rings is 3. The van der Waals surface area contributed by atoms with E-state index in [-0.39, 0.29) is 12.6 Å². The van der Waals surface area contributed by atoms with E-state index >= 15 is 0 Å². The van der Waals surface area contributed by atoms with Gasteiger partial charge in [0.25, 0.3) is 0 Å². The first-order valence-corrected chi connectivity index (χ1v) is 9.77. The summed E-state index contributed by atoms with van der Waals surface area (Å²) in [6, 6.07) is 26.8. The Balaban J connectivity index is 1.55. The normalized spacial score (nSPS) is 11.2. The van der Waals surface area contributed by atoms with Crippen LogP contribution in [-0.2, 0) is 16.2 Å². The molecule has 0 N–H and O–H groups in total. The van der Waals surface area contributed by atoms with Gasteiger partial charge >= 0.3 is 5.97 Å². The number of oxime groups is 1. The molecule has 0 spiro atoms. The monoisotopic (exact) mass is 411 g/mol. The first-order chi connectivity index (χ1) is 15.2. The molecule has 154 valence electrons. The van der Waals surface area contributed by atoms with Crippen LogP contribution in [0.3, 0.4) is 0 Å². The largest absolute Gasteiger partial charge is 0.465 e. The number of methoxy groups -OCH3 is 1. The van der Waals surface area contributed by atoms with Gasteiger partial charge in [0.1, 0.15) is 12.3 Å². The van der Waals surface area contributed by atoms with Crippen molar-refractivity contribution in [1.29, 1.82) is 0 Å². The van der Waals surface area contributed by atoms with Crippen LogP contribution in [0, 0.1) is 0 Å². The Morgan fingerprint density at radius 3 is 2.23 bits per heavy atom. The minimum atomic E-state index is -0.368. The van der Waals surface area contributed by atoms with E-state index in [0.29, 0.717) is 11.3 Å². The second-order valence-corrected chi connectivity index (χ2v) is 6.78. The quantitative estimate of drug-likeness (QED) is 0.253. The fourth-order valence-electron chi connectivity index (χ4n) is 3.06. The Morgan fingerprint density at radius 1 is 0.871 bits per heavy atom. The Hall–Kier alpha value is -4.19. The lowest BCUT2D eigenvalue weighted by molar-refractivity contribution is 0.0600. The maximum Gasteiger partial charge on any atom is 0.337 e. The summed E-state index contributed by atoms with van der Waals surface area (Å²) in [6.07, 6.45) is 3.70. The highest BCUT2D eigenvalue weighted by Gasteiger charge is 2.12. The number of para-hydroxylation sites is 1. The van der Waals surface area contributed by atoms with Gasteiger partial charge in [-0.1, -0.05) is 65.8 Å². The summed E-state index contributed by atoms with van der Waals surface area (Å²) in [5.74, 6) is -0.368. The summed E-state index contributed by atoms with van der Waals surface area (Å²) in [4.78, 5) is 17.2. The van der Waals surface area contributed by atoms with E-state index < -0.39 is 0 Å². The van der Waals surface area contributed by atoms with Crippen LogP contribution in [-0.4, -0.2) is 28.6 Å². The molecule has 1 heterocycles. The van der Waals surface area contributed by atoms with Gasteiger partial charge in [-0.15, -0.1) is 0 Å². The highest BCUT2D eigenvalue weighted by molar-refractivity contribution is 6.12. The SMILES string of the molecule is COC(=O)c1ccc(CO/N=C(\c2ccccc2)c2cnn(-c3ccccc3)c2)cc1.